The van der Waals surface area contributed by atoms with E-state index in [9.17, 15) is 9.67 Å². The van der Waals surface area contributed by atoms with E-state index in [1.165, 1.54) is 12.1 Å². The van der Waals surface area contributed by atoms with Crippen molar-refractivity contribution in [1.82, 2.24) is 15.0 Å². The number of fused-ring (bicyclic) bond motifs is 1. The van der Waals surface area contributed by atoms with Gasteiger partial charge >= 0.3 is 5.92 Å². The van der Waals surface area contributed by atoms with Gasteiger partial charge in [-0.25, -0.2) is 14.4 Å². The van der Waals surface area contributed by atoms with Crippen molar-refractivity contribution in [3.8, 4) is 0 Å². The summed E-state index contributed by atoms with van der Waals surface area (Å²) < 4.78 is 59.9. The maximum Gasteiger partial charge on any atom is 0.304 e. The maximum atomic E-state index is 15.6. The van der Waals surface area contributed by atoms with Crippen LogP contribution in [0.1, 0.15) is 68.9 Å². The largest absolute Gasteiger partial charge is 0.383 e. The second-order valence-corrected chi connectivity index (χ2v) is 13.8. The van der Waals surface area contributed by atoms with Crippen LogP contribution in [-0.2, 0) is 10.5 Å². The predicted octanol–water partition coefficient (Wildman–Crippen LogP) is 6.07. The first kappa shape index (κ1) is 26.1. The smallest absolute Gasteiger partial charge is 0.304 e. The molecule has 3 aromatic rings. The molecule has 1 saturated carbocycles. The van der Waals surface area contributed by atoms with E-state index in [0.717, 1.165) is 32.3 Å². The molecule has 0 bridgehead atoms. The minimum absolute atomic E-state index is 0.0314. The molecule has 10 heteroatoms. The molecular formula is C27H32F3N4O2P. The summed E-state index contributed by atoms with van der Waals surface area (Å²) >= 11 is 0. The summed E-state index contributed by atoms with van der Waals surface area (Å²) in [7, 11) is -2.57. The van der Waals surface area contributed by atoms with Gasteiger partial charge in [-0.1, -0.05) is 18.6 Å². The second-order valence-electron chi connectivity index (χ2n) is 10.6. The summed E-state index contributed by atoms with van der Waals surface area (Å²) in [6.07, 6.45) is 6.38. The minimum Gasteiger partial charge on any atom is -0.383 e. The number of hydrogen-bond donors (Lipinski definition) is 2. The summed E-state index contributed by atoms with van der Waals surface area (Å²) in [6.45, 7) is 4.48. The highest BCUT2D eigenvalue weighted by Gasteiger charge is 2.57. The lowest BCUT2D eigenvalue weighted by Crippen LogP contribution is -2.52. The van der Waals surface area contributed by atoms with Gasteiger partial charge < -0.3 is 15.0 Å². The molecule has 1 saturated heterocycles. The molecule has 0 unspecified atom stereocenters. The van der Waals surface area contributed by atoms with E-state index in [0.29, 0.717) is 53.1 Å². The normalized spacial score (nSPS) is 20.4. The number of halogens is 3. The Morgan fingerprint density at radius 2 is 1.86 bits per heavy atom. The Morgan fingerprint density at radius 1 is 1.16 bits per heavy atom. The molecule has 2 fully saturated rings. The quantitative estimate of drug-likeness (QED) is 0.359. The van der Waals surface area contributed by atoms with Gasteiger partial charge in [0.2, 0.25) is 0 Å². The van der Waals surface area contributed by atoms with Gasteiger partial charge in [0.1, 0.15) is 35.6 Å². The van der Waals surface area contributed by atoms with E-state index in [-0.39, 0.29) is 5.56 Å². The molecule has 0 amide bonds. The van der Waals surface area contributed by atoms with Crippen LogP contribution in [0.5, 0.6) is 0 Å². The standard InChI is InChI=1S/C27H32F3N4O2P/c1-16(19-10-7-11-21(24(19)28)27(29,30)26(3,35)18-8-6-9-18)32-25-20-14-23(37(36)12-4-5-13-37)31-15-22(20)33-17(2)34-25/h7,10-11,14-16,18,35H,4-6,8-9,12-13H2,1-3H3,(H,32,33,34)/t16-,26-/m1/s1. The van der Waals surface area contributed by atoms with Gasteiger partial charge in [-0.05, 0) is 64.5 Å². The first-order valence-corrected chi connectivity index (χ1v) is 14.9. The molecule has 37 heavy (non-hydrogen) atoms. The van der Waals surface area contributed by atoms with E-state index in [1.54, 1.807) is 26.1 Å². The molecule has 1 aliphatic heterocycles. The highest BCUT2D eigenvalue weighted by atomic mass is 31.2. The van der Waals surface area contributed by atoms with E-state index >= 15 is 13.2 Å². The highest BCUT2D eigenvalue weighted by molar-refractivity contribution is 7.71. The van der Waals surface area contributed by atoms with Crippen LogP contribution in [0, 0.1) is 18.7 Å². The summed E-state index contributed by atoms with van der Waals surface area (Å²) in [4.78, 5) is 13.3. The fourth-order valence-corrected chi connectivity index (χ4v) is 8.24. The number of nitrogens with one attached hydrogen (secondary N) is 1. The zero-order chi connectivity index (χ0) is 26.6. The number of rotatable bonds is 7. The van der Waals surface area contributed by atoms with Crippen molar-refractivity contribution in [3.05, 3.63) is 53.2 Å². The van der Waals surface area contributed by atoms with Crippen LogP contribution in [0.25, 0.3) is 10.9 Å². The Labute approximate surface area is 214 Å². The van der Waals surface area contributed by atoms with Gasteiger partial charge in [-0.3, -0.25) is 4.98 Å². The van der Waals surface area contributed by atoms with Crippen LogP contribution < -0.4 is 10.8 Å². The third-order valence-electron chi connectivity index (χ3n) is 8.11. The van der Waals surface area contributed by atoms with E-state index in [2.05, 4.69) is 20.3 Å². The SMILES string of the molecule is Cc1nc(N[C@H](C)c2cccc(C(F)(F)[C@](C)(O)C3CCC3)c2F)c2cc(P3(=O)CCCC3)ncc2n1. The van der Waals surface area contributed by atoms with Crippen molar-refractivity contribution in [2.75, 3.05) is 17.6 Å². The fraction of sp³-hybridized carbons (Fsp3) is 0.519. The Hall–Kier alpha value is -2.51. The molecule has 5 rings (SSSR count). The second kappa shape index (κ2) is 9.35. The molecule has 0 spiro atoms. The fourth-order valence-electron chi connectivity index (χ4n) is 5.45. The summed E-state index contributed by atoms with van der Waals surface area (Å²) in [6, 6.07) is 4.88. The van der Waals surface area contributed by atoms with Gasteiger partial charge in [0.25, 0.3) is 0 Å². The first-order valence-electron chi connectivity index (χ1n) is 12.8. The molecular weight excluding hydrogens is 500 g/mol. The average molecular weight is 533 g/mol. The Balaban J connectivity index is 1.50. The molecule has 6 nitrogen and oxygen atoms in total. The molecule has 3 heterocycles. The summed E-state index contributed by atoms with van der Waals surface area (Å²) in [5, 5.41) is 14.5. The average Bonchev–Trinajstić information content (AvgIpc) is 3.24. The number of pyridine rings is 1. The number of aliphatic hydroxyl groups is 1. The van der Waals surface area contributed by atoms with Gasteiger partial charge in [0.05, 0.1) is 23.3 Å². The van der Waals surface area contributed by atoms with Crippen molar-refractivity contribution in [2.45, 2.75) is 70.4 Å². The van der Waals surface area contributed by atoms with Crippen molar-refractivity contribution in [2.24, 2.45) is 5.92 Å². The number of anilines is 1. The van der Waals surface area contributed by atoms with Crippen LogP contribution in [0.4, 0.5) is 19.0 Å². The topological polar surface area (TPSA) is 88.0 Å². The predicted molar refractivity (Wildman–Crippen MR) is 139 cm³/mol. The van der Waals surface area contributed by atoms with E-state index in [1.807, 2.05) is 0 Å². The number of hydrogen-bond acceptors (Lipinski definition) is 6. The van der Waals surface area contributed by atoms with E-state index in [4.69, 9.17) is 0 Å². The van der Waals surface area contributed by atoms with Crippen molar-refractivity contribution < 1.29 is 22.8 Å². The van der Waals surface area contributed by atoms with Crippen LogP contribution in [-0.4, -0.2) is 38.0 Å². The van der Waals surface area contributed by atoms with Crippen LogP contribution in [0.15, 0.2) is 30.5 Å². The molecule has 198 valence electrons. The van der Waals surface area contributed by atoms with Crippen LogP contribution in [0.2, 0.25) is 0 Å². The van der Waals surface area contributed by atoms with Crippen LogP contribution in [0.3, 0.4) is 0 Å². The first-order chi connectivity index (χ1) is 17.4. The third kappa shape index (κ3) is 4.44. The Kier molecular flexibility index (Phi) is 6.60. The zero-order valence-electron chi connectivity index (χ0n) is 21.3. The molecule has 2 N–H and O–H groups in total. The zero-order valence-corrected chi connectivity index (χ0v) is 22.2. The lowest BCUT2D eigenvalue weighted by atomic mass is 9.69. The lowest BCUT2D eigenvalue weighted by molar-refractivity contribution is -0.218. The van der Waals surface area contributed by atoms with Crippen molar-refractivity contribution >= 4 is 29.3 Å². The molecule has 2 aromatic heterocycles. The third-order valence-corrected chi connectivity index (χ3v) is 11.3. The number of nitrogens with zero attached hydrogens (tertiary/aromatic N) is 3. The van der Waals surface area contributed by atoms with Crippen molar-refractivity contribution in [1.29, 1.82) is 0 Å². The molecule has 1 aliphatic carbocycles. The van der Waals surface area contributed by atoms with Crippen molar-refractivity contribution in [3.63, 3.8) is 0 Å². The Morgan fingerprint density at radius 3 is 2.51 bits per heavy atom. The van der Waals surface area contributed by atoms with Gasteiger partial charge in [-0.15, -0.1) is 0 Å². The highest BCUT2D eigenvalue weighted by Crippen LogP contribution is 2.51. The van der Waals surface area contributed by atoms with E-state index < -0.39 is 42.0 Å². The molecule has 2 atom stereocenters. The minimum atomic E-state index is -3.76. The number of aromatic nitrogens is 3. The van der Waals surface area contributed by atoms with Gasteiger partial charge in [-0.2, -0.15) is 8.78 Å². The molecule has 2 aliphatic rings. The summed E-state index contributed by atoms with van der Waals surface area (Å²) in [5.74, 6) is -4.54. The number of aryl methyl sites for hydroxylation is 1. The number of benzene rings is 1. The lowest BCUT2D eigenvalue weighted by Gasteiger charge is -2.43. The van der Waals surface area contributed by atoms with Gasteiger partial charge in [0, 0.05) is 23.3 Å². The monoisotopic (exact) mass is 532 g/mol. The van der Waals surface area contributed by atoms with Crippen LogP contribution >= 0.6 is 7.14 Å². The Bertz CT molecular complexity index is 1380. The molecule has 1 aromatic carbocycles. The maximum absolute atomic E-state index is 15.6. The summed E-state index contributed by atoms with van der Waals surface area (Å²) in [5.41, 5.74) is -2.04. The number of alkyl halides is 2. The molecule has 0 radical (unpaired) electrons. The van der Waals surface area contributed by atoms with Gasteiger partial charge in [0.15, 0.2) is 0 Å².